The van der Waals surface area contributed by atoms with Crippen molar-refractivity contribution in [2.45, 2.75) is 29.7 Å². The summed E-state index contributed by atoms with van der Waals surface area (Å²) in [5.41, 5.74) is -0.818. The molecule has 1 atom stereocenters. The zero-order valence-corrected chi connectivity index (χ0v) is 11.7. The van der Waals surface area contributed by atoms with Crippen molar-refractivity contribution >= 4 is 33.7 Å². The molecule has 0 spiro atoms. The fraction of sp³-hybridized carbons (Fsp3) is 0.364. The van der Waals surface area contributed by atoms with Crippen LogP contribution in [0.3, 0.4) is 0 Å². The van der Waals surface area contributed by atoms with Crippen molar-refractivity contribution in [2.24, 2.45) is 0 Å². The number of carboxylic acid groups (broad SMARTS) is 1. The lowest BCUT2D eigenvalue weighted by atomic mass is 10.2. The van der Waals surface area contributed by atoms with Crippen molar-refractivity contribution in [1.82, 2.24) is 0 Å². The first-order chi connectivity index (χ1) is 8.25. The van der Waals surface area contributed by atoms with Crippen LogP contribution in [-0.4, -0.2) is 16.3 Å². The van der Waals surface area contributed by atoms with Crippen LogP contribution >= 0.6 is 27.7 Å². The number of thioether (sulfide) groups is 1. The number of halogens is 4. The van der Waals surface area contributed by atoms with Crippen LogP contribution in [0, 0.1) is 0 Å². The Bertz CT molecular complexity index is 448. The third kappa shape index (κ3) is 3.91. The highest BCUT2D eigenvalue weighted by Crippen LogP contribution is 2.40. The molecule has 7 heteroatoms. The number of hydrogen-bond acceptors (Lipinski definition) is 2. The van der Waals surface area contributed by atoms with Gasteiger partial charge in [-0.2, -0.15) is 13.2 Å². The van der Waals surface area contributed by atoms with Gasteiger partial charge in [0.15, 0.2) is 0 Å². The van der Waals surface area contributed by atoms with E-state index in [4.69, 9.17) is 5.11 Å². The molecule has 0 fully saturated rings. The maximum absolute atomic E-state index is 12.8. The molecule has 0 aliphatic carbocycles. The summed E-state index contributed by atoms with van der Waals surface area (Å²) in [6, 6.07) is 3.70. The highest BCUT2D eigenvalue weighted by Gasteiger charge is 2.34. The Labute approximate surface area is 115 Å². The van der Waals surface area contributed by atoms with Gasteiger partial charge < -0.3 is 5.11 Å². The lowest BCUT2D eigenvalue weighted by molar-refractivity contribution is -0.140. The molecule has 2 nitrogen and oxygen atoms in total. The predicted octanol–water partition coefficient (Wildman–Crippen LogP) is 4.42. The maximum atomic E-state index is 12.8. The van der Waals surface area contributed by atoms with Crippen molar-refractivity contribution in [3.05, 3.63) is 28.2 Å². The van der Waals surface area contributed by atoms with Crippen molar-refractivity contribution in [1.29, 1.82) is 0 Å². The first kappa shape index (κ1) is 15.4. The molecule has 0 heterocycles. The van der Waals surface area contributed by atoms with Crippen molar-refractivity contribution in [2.75, 3.05) is 0 Å². The number of rotatable bonds is 4. The number of carboxylic acids is 1. The van der Waals surface area contributed by atoms with Gasteiger partial charge in [0.25, 0.3) is 0 Å². The SMILES string of the molecule is CCC(Sc1ccc(Br)cc1C(F)(F)F)C(=O)O. The van der Waals surface area contributed by atoms with E-state index in [1.54, 1.807) is 6.92 Å². The molecule has 100 valence electrons. The third-order valence-corrected chi connectivity index (χ3v) is 4.09. The van der Waals surface area contributed by atoms with Gasteiger partial charge in [0.2, 0.25) is 0 Å². The largest absolute Gasteiger partial charge is 0.480 e. The number of alkyl halides is 3. The minimum atomic E-state index is -4.50. The first-order valence-corrected chi connectivity index (χ1v) is 6.69. The normalized spacial score (nSPS) is 13.4. The molecule has 1 unspecified atom stereocenters. The van der Waals surface area contributed by atoms with Gasteiger partial charge in [-0.25, -0.2) is 0 Å². The highest BCUT2D eigenvalue weighted by atomic mass is 79.9. The van der Waals surface area contributed by atoms with Gasteiger partial charge in [-0.1, -0.05) is 22.9 Å². The van der Waals surface area contributed by atoms with Crippen LogP contribution in [0.1, 0.15) is 18.9 Å². The van der Waals surface area contributed by atoms with Crippen LogP contribution in [0.15, 0.2) is 27.6 Å². The quantitative estimate of drug-likeness (QED) is 0.822. The molecule has 0 amide bonds. The molecule has 1 N–H and O–H groups in total. The summed E-state index contributed by atoms with van der Waals surface area (Å²) in [5, 5.41) is 7.99. The lowest BCUT2D eigenvalue weighted by Crippen LogP contribution is -2.16. The second-order valence-electron chi connectivity index (χ2n) is 3.49. The number of hydrogen-bond donors (Lipinski definition) is 1. The van der Waals surface area contributed by atoms with Crippen LogP contribution in [0.4, 0.5) is 13.2 Å². The fourth-order valence-corrected chi connectivity index (χ4v) is 2.67. The van der Waals surface area contributed by atoms with Crippen LogP contribution in [0.25, 0.3) is 0 Å². The first-order valence-electron chi connectivity index (χ1n) is 5.02. The smallest absolute Gasteiger partial charge is 0.417 e. The molecule has 0 bridgehead atoms. The van der Waals surface area contributed by atoms with Gasteiger partial charge in [-0.05, 0) is 24.6 Å². The van der Waals surface area contributed by atoms with E-state index < -0.39 is 23.0 Å². The van der Waals surface area contributed by atoms with Crippen LogP contribution in [0.5, 0.6) is 0 Å². The van der Waals surface area contributed by atoms with E-state index in [-0.39, 0.29) is 11.3 Å². The Hall–Kier alpha value is -0.690. The minimum absolute atomic E-state index is 0.0695. The van der Waals surface area contributed by atoms with Gasteiger partial charge in [-0.3, -0.25) is 4.79 Å². The standard InChI is InChI=1S/C11H10BrF3O2S/c1-2-8(10(16)17)18-9-4-3-6(12)5-7(9)11(13,14)15/h3-5,8H,2H2,1H3,(H,16,17). The second kappa shape index (κ2) is 5.97. The second-order valence-corrected chi connectivity index (χ2v) is 5.65. The monoisotopic (exact) mass is 342 g/mol. The summed E-state index contributed by atoms with van der Waals surface area (Å²) in [4.78, 5) is 10.8. The summed E-state index contributed by atoms with van der Waals surface area (Å²) in [5.74, 6) is -1.11. The fourth-order valence-electron chi connectivity index (χ4n) is 1.29. The topological polar surface area (TPSA) is 37.3 Å². The van der Waals surface area contributed by atoms with Crippen molar-refractivity contribution in [3.8, 4) is 0 Å². The van der Waals surface area contributed by atoms with Crippen LogP contribution in [0.2, 0.25) is 0 Å². The Morgan fingerprint density at radius 1 is 1.50 bits per heavy atom. The predicted molar refractivity (Wildman–Crippen MR) is 66.7 cm³/mol. The molecular formula is C11H10BrF3O2S. The molecular weight excluding hydrogens is 333 g/mol. The van der Waals surface area contributed by atoms with E-state index in [0.29, 0.717) is 4.47 Å². The summed E-state index contributed by atoms with van der Waals surface area (Å²) in [6.07, 6.45) is -4.24. The summed E-state index contributed by atoms with van der Waals surface area (Å²) >= 11 is 3.69. The lowest BCUT2D eigenvalue weighted by Gasteiger charge is -2.15. The molecule has 0 saturated carbocycles. The Kier molecular flexibility index (Phi) is 5.10. The summed E-state index contributed by atoms with van der Waals surface area (Å²) in [7, 11) is 0. The van der Waals surface area contributed by atoms with E-state index in [1.165, 1.54) is 12.1 Å². The van der Waals surface area contributed by atoms with Crippen LogP contribution < -0.4 is 0 Å². The summed E-state index contributed by atoms with van der Waals surface area (Å²) < 4.78 is 38.7. The van der Waals surface area contributed by atoms with E-state index in [1.807, 2.05) is 0 Å². The maximum Gasteiger partial charge on any atom is 0.417 e. The van der Waals surface area contributed by atoms with Gasteiger partial charge in [0.05, 0.1) is 5.56 Å². The van der Waals surface area contributed by atoms with Crippen molar-refractivity contribution < 1.29 is 23.1 Å². The molecule has 0 aromatic heterocycles. The Balaban J connectivity index is 3.12. The van der Waals surface area contributed by atoms with Gasteiger partial charge in [-0.15, -0.1) is 11.8 Å². The molecule has 0 radical (unpaired) electrons. The number of benzene rings is 1. The number of aliphatic carboxylic acids is 1. The van der Waals surface area contributed by atoms with E-state index in [0.717, 1.165) is 17.8 Å². The van der Waals surface area contributed by atoms with Gasteiger partial charge in [0, 0.05) is 9.37 Å². The van der Waals surface area contributed by atoms with Crippen LogP contribution in [-0.2, 0) is 11.0 Å². The van der Waals surface area contributed by atoms with E-state index in [2.05, 4.69) is 15.9 Å². The Morgan fingerprint density at radius 2 is 2.11 bits per heavy atom. The zero-order chi connectivity index (χ0) is 13.9. The van der Waals surface area contributed by atoms with Gasteiger partial charge >= 0.3 is 12.1 Å². The highest BCUT2D eigenvalue weighted by molar-refractivity contribution is 9.10. The average molecular weight is 343 g/mol. The van der Waals surface area contributed by atoms with E-state index >= 15 is 0 Å². The Morgan fingerprint density at radius 3 is 2.56 bits per heavy atom. The van der Waals surface area contributed by atoms with Gasteiger partial charge in [0.1, 0.15) is 5.25 Å². The third-order valence-electron chi connectivity index (χ3n) is 2.16. The zero-order valence-electron chi connectivity index (χ0n) is 9.29. The number of carbonyl (C=O) groups is 1. The molecule has 0 aliphatic rings. The molecule has 0 saturated heterocycles. The molecule has 18 heavy (non-hydrogen) atoms. The van der Waals surface area contributed by atoms with Crippen molar-refractivity contribution in [3.63, 3.8) is 0 Å². The molecule has 0 aliphatic heterocycles. The molecule has 1 aromatic rings. The van der Waals surface area contributed by atoms with E-state index in [9.17, 15) is 18.0 Å². The molecule has 1 rings (SSSR count). The average Bonchev–Trinajstić information content (AvgIpc) is 2.25. The minimum Gasteiger partial charge on any atom is -0.480 e. The molecule has 1 aromatic carbocycles. The summed E-state index contributed by atoms with van der Waals surface area (Å²) in [6.45, 7) is 1.62.